The van der Waals surface area contributed by atoms with Crippen molar-refractivity contribution in [2.75, 3.05) is 13.2 Å². The standard InChI is InChI=1S/C24H46O9/c1-9-11-13-15-23(5,6)32-30-21(25)28-19(3)17-27-18-20(4)29-22(26)31-33-24(7,8)16-14-12-10-2/h19-20H,9-18H2,1-8H3. The van der Waals surface area contributed by atoms with Crippen LogP contribution >= 0.6 is 0 Å². The number of hydrogen-bond donors (Lipinski definition) is 0. The Kier molecular flexibility index (Phi) is 16.1. The molecule has 0 spiro atoms. The summed E-state index contributed by atoms with van der Waals surface area (Å²) in [5, 5.41) is 0. The Hall–Kier alpha value is -1.58. The van der Waals surface area contributed by atoms with Crippen molar-refractivity contribution in [2.45, 2.75) is 130 Å². The van der Waals surface area contributed by atoms with Crippen molar-refractivity contribution in [1.82, 2.24) is 0 Å². The molecule has 0 amide bonds. The van der Waals surface area contributed by atoms with Gasteiger partial charge in [-0.25, -0.2) is 9.59 Å². The molecule has 0 aromatic carbocycles. The summed E-state index contributed by atoms with van der Waals surface area (Å²) in [6, 6.07) is 0. The van der Waals surface area contributed by atoms with Crippen LogP contribution in [-0.4, -0.2) is 48.9 Å². The molecule has 0 aliphatic carbocycles. The Morgan fingerprint density at radius 2 is 1.03 bits per heavy atom. The zero-order valence-electron chi connectivity index (χ0n) is 21.9. The molecule has 0 aliphatic rings. The maximum absolute atomic E-state index is 11.8. The maximum Gasteiger partial charge on any atom is 0.540 e. The molecule has 0 bridgehead atoms. The van der Waals surface area contributed by atoms with E-state index in [-0.39, 0.29) is 13.2 Å². The average Bonchev–Trinajstić information content (AvgIpc) is 2.71. The first-order valence-electron chi connectivity index (χ1n) is 12.1. The minimum absolute atomic E-state index is 0.0959. The van der Waals surface area contributed by atoms with Gasteiger partial charge in [-0.3, -0.25) is 9.78 Å². The lowest BCUT2D eigenvalue weighted by Gasteiger charge is -2.23. The fraction of sp³-hybridized carbons (Fsp3) is 0.917. The van der Waals surface area contributed by atoms with Gasteiger partial charge < -0.3 is 14.2 Å². The van der Waals surface area contributed by atoms with Gasteiger partial charge >= 0.3 is 12.3 Å². The summed E-state index contributed by atoms with van der Waals surface area (Å²) in [4.78, 5) is 43.5. The van der Waals surface area contributed by atoms with Crippen LogP contribution in [0.5, 0.6) is 0 Å². The number of carbonyl (C=O) groups is 2. The Morgan fingerprint density at radius 1 is 0.667 bits per heavy atom. The zero-order valence-corrected chi connectivity index (χ0v) is 21.9. The highest BCUT2D eigenvalue weighted by Gasteiger charge is 2.24. The molecular formula is C24H46O9. The van der Waals surface area contributed by atoms with Crippen LogP contribution < -0.4 is 0 Å². The van der Waals surface area contributed by atoms with Gasteiger partial charge in [0.1, 0.15) is 23.4 Å². The van der Waals surface area contributed by atoms with Gasteiger partial charge in [0.05, 0.1) is 13.2 Å². The van der Waals surface area contributed by atoms with Crippen LogP contribution in [0.1, 0.15) is 107 Å². The van der Waals surface area contributed by atoms with E-state index in [0.29, 0.717) is 0 Å². The summed E-state index contributed by atoms with van der Waals surface area (Å²) in [5.41, 5.74) is -1.16. The van der Waals surface area contributed by atoms with Crippen molar-refractivity contribution >= 4 is 12.3 Å². The van der Waals surface area contributed by atoms with E-state index in [1.165, 1.54) is 0 Å². The molecule has 0 radical (unpaired) electrons. The molecule has 2 atom stereocenters. The lowest BCUT2D eigenvalue weighted by Crippen LogP contribution is -2.30. The quantitative estimate of drug-likeness (QED) is 0.0925. The first-order chi connectivity index (χ1) is 15.4. The van der Waals surface area contributed by atoms with Gasteiger partial charge in [-0.1, -0.05) is 52.4 Å². The van der Waals surface area contributed by atoms with E-state index < -0.39 is 35.7 Å². The van der Waals surface area contributed by atoms with Crippen molar-refractivity contribution < 1.29 is 43.3 Å². The van der Waals surface area contributed by atoms with Gasteiger partial charge in [0.15, 0.2) is 0 Å². The average molecular weight is 479 g/mol. The molecule has 2 unspecified atom stereocenters. The fourth-order valence-corrected chi connectivity index (χ4v) is 2.81. The van der Waals surface area contributed by atoms with E-state index >= 15 is 0 Å². The van der Waals surface area contributed by atoms with Crippen LogP contribution in [0.25, 0.3) is 0 Å². The first kappa shape index (κ1) is 31.4. The summed E-state index contributed by atoms with van der Waals surface area (Å²) < 4.78 is 15.6. The lowest BCUT2D eigenvalue weighted by molar-refractivity contribution is -0.321. The monoisotopic (exact) mass is 478 g/mol. The molecule has 9 heteroatoms. The van der Waals surface area contributed by atoms with E-state index in [2.05, 4.69) is 13.8 Å². The number of rotatable bonds is 18. The maximum atomic E-state index is 11.8. The summed E-state index contributed by atoms with van der Waals surface area (Å²) in [6.07, 6.45) is 4.91. The Balaban J connectivity index is 4.01. The summed E-state index contributed by atoms with van der Waals surface area (Å²) >= 11 is 0. The predicted octanol–water partition coefficient (Wildman–Crippen LogP) is 6.67. The van der Waals surface area contributed by atoms with Gasteiger partial charge in [-0.05, 0) is 54.4 Å². The van der Waals surface area contributed by atoms with Crippen LogP contribution in [-0.2, 0) is 33.8 Å². The number of ether oxygens (including phenoxy) is 3. The highest BCUT2D eigenvalue weighted by Crippen LogP contribution is 2.20. The van der Waals surface area contributed by atoms with E-state index in [0.717, 1.165) is 51.4 Å². The minimum atomic E-state index is -0.929. The molecule has 0 heterocycles. The molecule has 0 saturated heterocycles. The van der Waals surface area contributed by atoms with Crippen LogP contribution in [0.4, 0.5) is 9.59 Å². The van der Waals surface area contributed by atoms with Crippen LogP contribution in [0.3, 0.4) is 0 Å². The van der Waals surface area contributed by atoms with Gasteiger partial charge in [0.2, 0.25) is 0 Å². The molecule has 0 aromatic rings. The molecule has 196 valence electrons. The van der Waals surface area contributed by atoms with Gasteiger partial charge in [0.25, 0.3) is 0 Å². The summed E-state index contributed by atoms with van der Waals surface area (Å²) in [7, 11) is 0. The van der Waals surface area contributed by atoms with Gasteiger partial charge in [-0.15, -0.1) is 0 Å². The fourth-order valence-electron chi connectivity index (χ4n) is 2.81. The van der Waals surface area contributed by atoms with Crippen molar-refractivity contribution in [3.05, 3.63) is 0 Å². The van der Waals surface area contributed by atoms with Crippen molar-refractivity contribution in [3.8, 4) is 0 Å². The molecule has 0 saturated carbocycles. The largest absolute Gasteiger partial charge is 0.540 e. The highest BCUT2D eigenvalue weighted by atomic mass is 17.2. The third-order valence-electron chi connectivity index (χ3n) is 4.74. The van der Waals surface area contributed by atoms with Crippen LogP contribution in [0, 0.1) is 0 Å². The summed E-state index contributed by atoms with van der Waals surface area (Å²) in [6.45, 7) is 15.2. The number of unbranched alkanes of at least 4 members (excludes halogenated alkanes) is 4. The van der Waals surface area contributed by atoms with E-state index in [1.807, 2.05) is 27.7 Å². The normalized spacial score (nSPS) is 13.8. The van der Waals surface area contributed by atoms with Crippen molar-refractivity contribution in [1.29, 1.82) is 0 Å². The second kappa shape index (κ2) is 16.9. The van der Waals surface area contributed by atoms with E-state index in [4.69, 9.17) is 33.8 Å². The molecule has 0 aliphatic heterocycles. The smallest absolute Gasteiger partial charge is 0.427 e. The second-order valence-electron chi connectivity index (χ2n) is 9.66. The topological polar surface area (TPSA) is 98.8 Å². The number of carbonyl (C=O) groups excluding carboxylic acids is 2. The molecular weight excluding hydrogens is 432 g/mol. The van der Waals surface area contributed by atoms with Crippen molar-refractivity contribution in [2.24, 2.45) is 0 Å². The molecule has 9 nitrogen and oxygen atoms in total. The third kappa shape index (κ3) is 18.5. The second-order valence-corrected chi connectivity index (χ2v) is 9.66. The molecule has 33 heavy (non-hydrogen) atoms. The van der Waals surface area contributed by atoms with Crippen molar-refractivity contribution in [3.63, 3.8) is 0 Å². The molecule has 0 N–H and O–H groups in total. The Morgan fingerprint density at radius 3 is 1.36 bits per heavy atom. The predicted molar refractivity (Wildman–Crippen MR) is 123 cm³/mol. The van der Waals surface area contributed by atoms with E-state index in [9.17, 15) is 9.59 Å². The zero-order chi connectivity index (χ0) is 25.3. The van der Waals surface area contributed by atoms with Crippen LogP contribution in [0.15, 0.2) is 0 Å². The van der Waals surface area contributed by atoms with Gasteiger partial charge in [0, 0.05) is 0 Å². The molecule has 0 fully saturated rings. The molecule has 0 rings (SSSR count). The highest BCUT2D eigenvalue weighted by molar-refractivity contribution is 5.59. The van der Waals surface area contributed by atoms with Crippen LogP contribution in [0.2, 0.25) is 0 Å². The first-order valence-corrected chi connectivity index (χ1v) is 12.1. The number of hydrogen-bond acceptors (Lipinski definition) is 9. The Bertz CT molecular complexity index is 488. The Labute approximate surface area is 199 Å². The van der Waals surface area contributed by atoms with E-state index in [1.54, 1.807) is 13.8 Å². The SMILES string of the molecule is CCCCCC(C)(C)OOC(=O)OC(C)COCC(C)OC(=O)OOC(C)(C)CCCCC. The summed E-state index contributed by atoms with van der Waals surface area (Å²) in [5.74, 6) is 0. The lowest BCUT2D eigenvalue weighted by atomic mass is 10.0. The third-order valence-corrected chi connectivity index (χ3v) is 4.74. The molecule has 0 aromatic heterocycles. The van der Waals surface area contributed by atoms with Gasteiger partial charge in [-0.2, -0.15) is 9.78 Å². The minimum Gasteiger partial charge on any atom is -0.427 e.